The summed E-state index contributed by atoms with van der Waals surface area (Å²) in [5.41, 5.74) is 0. The molecule has 5 heteroatoms. The molecule has 74 valence electrons. The van der Waals surface area contributed by atoms with Gasteiger partial charge >= 0.3 is 0 Å². The number of nitriles is 1. The van der Waals surface area contributed by atoms with Gasteiger partial charge in [0, 0.05) is 9.85 Å². The van der Waals surface area contributed by atoms with Crippen molar-refractivity contribution in [1.82, 2.24) is 0 Å². The molecule has 1 aromatic heterocycles. The number of hydrogen-bond donors (Lipinski definition) is 1. The summed E-state index contributed by atoms with van der Waals surface area (Å²) in [6, 6.07) is 3.77. The molecule has 0 radical (unpaired) electrons. The van der Waals surface area contributed by atoms with E-state index in [0.29, 0.717) is 6.42 Å². The summed E-state index contributed by atoms with van der Waals surface area (Å²) in [4.78, 5) is 11.4. The van der Waals surface area contributed by atoms with Crippen molar-refractivity contribution >= 4 is 38.2 Å². The first-order chi connectivity index (χ1) is 6.67. The predicted molar refractivity (Wildman–Crippen MR) is 60.0 cm³/mol. The smallest absolute Gasteiger partial charge is 0.242 e. The molecular weight excluding hydrogens is 264 g/mol. The number of anilines is 1. The quantitative estimate of drug-likeness (QED) is 0.920. The summed E-state index contributed by atoms with van der Waals surface area (Å²) in [7, 11) is 0. The number of thiophene rings is 1. The van der Waals surface area contributed by atoms with Gasteiger partial charge in [-0.25, -0.2) is 0 Å². The van der Waals surface area contributed by atoms with Gasteiger partial charge in [-0.3, -0.25) is 4.79 Å². The molecule has 0 saturated heterocycles. The fraction of sp³-hybridized carbons (Fsp3) is 0.333. The lowest BCUT2D eigenvalue weighted by Gasteiger charge is -2.05. The van der Waals surface area contributed by atoms with Crippen molar-refractivity contribution in [1.29, 1.82) is 5.26 Å². The zero-order chi connectivity index (χ0) is 10.6. The summed E-state index contributed by atoms with van der Waals surface area (Å²) >= 11 is 4.72. The third kappa shape index (κ3) is 2.82. The Bertz CT molecular complexity index is 369. The average Bonchev–Trinajstić information content (AvgIpc) is 2.53. The molecule has 0 spiro atoms. The standard InChI is InChI=1S/C9H9BrN2OS/c1-2-6(4-11)9(13)12-8-3-7(10)5-14-8/h3,5-6H,2H2,1H3,(H,12,13). The van der Waals surface area contributed by atoms with Crippen LogP contribution in [0.3, 0.4) is 0 Å². The molecule has 0 fully saturated rings. The first-order valence-electron chi connectivity index (χ1n) is 4.12. The molecule has 0 aliphatic carbocycles. The van der Waals surface area contributed by atoms with Crippen LogP contribution < -0.4 is 5.32 Å². The third-order valence-electron chi connectivity index (χ3n) is 1.69. The molecular formula is C9H9BrN2OS. The maximum atomic E-state index is 11.4. The van der Waals surface area contributed by atoms with Crippen molar-refractivity contribution < 1.29 is 4.79 Å². The SMILES string of the molecule is CCC(C#N)C(=O)Nc1cc(Br)cs1. The van der Waals surface area contributed by atoms with Crippen LogP contribution in [0.4, 0.5) is 5.00 Å². The van der Waals surface area contributed by atoms with E-state index in [4.69, 9.17) is 5.26 Å². The maximum Gasteiger partial charge on any atom is 0.242 e. The van der Waals surface area contributed by atoms with Gasteiger partial charge in [0.2, 0.25) is 5.91 Å². The van der Waals surface area contributed by atoms with Crippen LogP contribution in [0.1, 0.15) is 13.3 Å². The minimum atomic E-state index is -0.559. The number of nitrogens with one attached hydrogen (secondary N) is 1. The summed E-state index contributed by atoms with van der Waals surface area (Å²) in [5, 5.41) is 14.0. The van der Waals surface area contributed by atoms with Crippen molar-refractivity contribution in [3.63, 3.8) is 0 Å². The molecule has 0 aromatic carbocycles. The van der Waals surface area contributed by atoms with E-state index in [-0.39, 0.29) is 5.91 Å². The largest absolute Gasteiger partial charge is 0.317 e. The third-order valence-corrected chi connectivity index (χ3v) is 3.30. The van der Waals surface area contributed by atoms with E-state index in [1.807, 2.05) is 24.4 Å². The van der Waals surface area contributed by atoms with Gasteiger partial charge in [-0.15, -0.1) is 11.3 Å². The molecule has 0 saturated carbocycles. The highest BCUT2D eigenvalue weighted by atomic mass is 79.9. The molecule has 0 aliphatic heterocycles. The van der Waals surface area contributed by atoms with Gasteiger partial charge in [0.15, 0.2) is 0 Å². The molecule has 1 amide bonds. The van der Waals surface area contributed by atoms with Crippen LogP contribution in [0.5, 0.6) is 0 Å². The summed E-state index contributed by atoms with van der Waals surface area (Å²) in [5.74, 6) is -0.791. The number of carbonyl (C=O) groups is 1. The van der Waals surface area contributed by atoms with E-state index in [0.717, 1.165) is 9.47 Å². The number of carbonyl (C=O) groups excluding carboxylic acids is 1. The van der Waals surface area contributed by atoms with Crippen LogP contribution >= 0.6 is 27.3 Å². The molecule has 14 heavy (non-hydrogen) atoms. The van der Waals surface area contributed by atoms with E-state index < -0.39 is 5.92 Å². The van der Waals surface area contributed by atoms with E-state index >= 15 is 0 Å². The first kappa shape index (κ1) is 11.2. The molecule has 0 aliphatic rings. The summed E-state index contributed by atoms with van der Waals surface area (Å²) in [6.45, 7) is 1.82. The molecule has 0 bridgehead atoms. The first-order valence-corrected chi connectivity index (χ1v) is 5.79. The van der Waals surface area contributed by atoms with Crippen molar-refractivity contribution in [2.75, 3.05) is 5.32 Å². The maximum absolute atomic E-state index is 11.4. The van der Waals surface area contributed by atoms with Gasteiger partial charge in [-0.2, -0.15) is 5.26 Å². The van der Waals surface area contributed by atoms with Crippen LogP contribution in [0.15, 0.2) is 15.9 Å². The molecule has 3 nitrogen and oxygen atoms in total. The Morgan fingerprint density at radius 2 is 2.57 bits per heavy atom. The number of hydrogen-bond acceptors (Lipinski definition) is 3. The second-order valence-corrected chi connectivity index (χ2v) is 4.54. The lowest BCUT2D eigenvalue weighted by molar-refractivity contribution is -0.118. The highest BCUT2D eigenvalue weighted by Crippen LogP contribution is 2.24. The Morgan fingerprint density at radius 1 is 1.86 bits per heavy atom. The number of amides is 1. The van der Waals surface area contributed by atoms with Crippen LogP contribution in [0.25, 0.3) is 0 Å². The van der Waals surface area contributed by atoms with Gasteiger partial charge in [0.05, 0.1) is 11.1 Å². The molecule has 1 aromatic rings. The monoisotopic (exact) mass is 272 g/mol. The molecule has 1 rings (SSSR count). The Labute approximate surface area is 94.9 Å². The molecule has 1 N–H and O–H groups in total. The fourth-order valence-electron chi connectivity index (χ4n) is 0.922. The Kier molecular flexibility index (Phi) is 4.11. The minimum absolute atomic E-state index is 0.232. The lowest BCUT2D eigenvalue weighted by Crippen LogP contribution is -2.20. The van der Waals surface area contributed by atoms with E-state index in [1.165, 1.54) is 11.3 Å². The van der Waals surface area contributed by atoms with Crippen LogP contribution in [-0.4, -0.2) is 5.91 Å². The van der Waals surface area contributed by atoms with E-state index in [1.54, 1.807) is 0 Å². The highest BCUT2D eigenvalue weighted by Gasteiger charge is 2.15. The Morgan fingerprint density at radius 3 is 3.00 bits per heavy atom. The summed E-state index contributed by atoms with van der Waals surface area (Å²) < 4.78 is 0.933. The lowest BCUT2D eigenvalue weighted by atomic mass is 10.1. The fourth-order valence-corrected chi connectivity index (χ4v) is 2.25. The van der Waals surface area contributed by atoms with Gasteiger partial charge in [0.1, 0.15) is 5.92 Å². The Hall–Kier alpha value is -0.860. The molecule has 1 atom stereocenters. The van der Waals surface area contributed by atoms with Crippen LogP contribution in [-0.2, 0) is 4.79 Å². The molecule has 1 heterocycles. The molecule has 1 unspecified atom stereocenters. The van der Waals surface area contributed by atoms with Crippen molar-refractivity contribution in [2.45, 2.75) is 13.3 Å². The van der Waals surface area contributed by atoms with Crippen molar-refractivity contribution in [3.05, 3.63) is 15.9 Å². The number of halogens is 1. The Balaban J connectivity index is 2.62. The van der Waals surface area contributed by atoms with Gasteiger partial charge in [-0.05, 0) is 28.4 Å². The van der Waals surface area contributed by atoms with Crippen molar-refractivity contribution in [3.8, 4) is 6.07 Å². The van der Waals surface area contributed by atoms with Gasteiger partial charge in [0.25, 0.3) is 0 Å². The number of nitrogens with zero attached hydrogens (tertiary/aromatic N) is 1. The minimum Gasteiger partial charge on any atom is -0.317 e. The second-order valence-electron chi connectivity index (χ2n) is 2.71. The van der Waals surface area contributed by atoms with Gasteiger partial charge < -0.3 is 5.32 Å². The number of rotatable bonds is 3. The van der Waals surface area contributed by atoms with Crippen molar-refractivity contribution in [2.24, 2.45) is 5.92 Å². The zero-order valence-electron chi connectivity index (χ0n) is 7.58. The zero-order valence-corrected chi connectivity index (χ0v) is 9.98. The summed E-state index contributed by atoms with van der Waals surface area (Å²) in [6.07, 6.45) is 0.537. The van der Waals surface area contributed by atoms with E-state index in [2.05, 4.69) is 21.2 Å². The van der Waals surface area contributed by atoms with E-state index in [9.17, 15) is 4.79 Å². The predicted octanol–water partition coefficient (Wildman–Crippen LogP) is 3.00. The van der Waals surface area contributed by atoms with Crippen LogP contribution in [0.2, 0.25) is 0 Å². The second kappa shape index (κ2) is 5.13. The van der Waals surface area contributed by atoms with Crippen LogP contribution in [0, 0.1) is 17.2 Å². The van der Waals surface area contributed by atoms with Gasteiger partial charge in [-0.1, -0.05) is 6.92 Å². The normalized spacial score (nSPS) is 11.8. The topological polar surface area (TPSA) is 52.9 Å². The average molecular weight is 273 g/mol. The highest BCUT2D eigenvalue weighted by molar-refractivity contribution is 9.10.